The lowest BCUT2D eigenvalue weighted by Crippen LogP contribution is -2.41. The zero-order valence-corrected chi connectivity index (χ0v) is 22.1. The number of hydrogen-bond acceptors (Lipinski definition) is 7. The molecule has 0 spiro atoms. The summed E-state index contributed by atoms with van der Waals surface area (Å²) in [6.07, 6.45) is -1.76. The van der Waals surface area contributed by atoms with Gasteiger partial charge >= 0.3 is 6.09 Å². The number of hydrogen-bond donors (Lipinski definition) is 2. The molecule has 0 radical (unpaired) electrons. The van der Waals surface area contributed by atoms with Crippen molar-refractivity contribution in [2.45, 2.75) is 52.8 Å². The fourth-order valence-electron chi connectivity index (χ4n) is 3.47. The van der Waals surface area contributed by atoms with Crippen LogP contribution in [0.4, 0.5) is 13.6 Å². The number of carbonyl (C=O) groups excluding carboxylic acids is 2. The summed E-state index contributed by atoms with van der Waals surface area (Å²) in [5, 5.41) is 5.12. The first-order valence-electron chi connectivity index (χ1n) is 11.9. The summed E-state index contributed by atoms with van der Waals surface area (Å²) in [5.41, 5.74) is -0.620. The van der Waals surface area contributed by atoms with Crippen LogP contribution in [0, 0.1) is 11.6 Å². The number of amides is 2. The number of aromatic nitrogens is 1. The third-order valence-electron chi connectivity index (χ3n) is 5.20. The van der Waals surface area contributed by atoms with Gasteiger partial charge in [0.15, 0.2) is 29.1 Å². The Bertz CT molecular complexity index is 1280. The second-order valence-electron chi connectivity index (χ2n) is 9.34. The second-order valence-corrected chi connectivity index (χ2v) is 9.34. The summed E-state index contributed by atoms with van der Waals surface area (Å²) in [4.78, 5) is 29.8. The fraction of sp³-hybridized carbons (Fsp3) is 0.370. The zero-order chi connectivity index (χ0) is 28.0. The van der Waals surface area contributed by atoms with E-state index >= 15 is 0 Å². The van der Waals surface area contributed by atoms with E-state index in [9.17, 15) is 18.4 Å². The van der Waals surface area contributed by atoms with Crippen molar-refractivity contribution in [2.24, 2.45) is 0 Å². The van der Waals surface area contributed by atoms with Crippen molar-refractivity contribution < 1.29 is 37.0 Å². The van der Waals surface area contributed by atoms with Crippen LogP contribution in [-0.2, 0) is 11.3 Å². The molecule has 0 saturated carbocycles. The van der Waals surface area contributed by atoms with Crippen molar-refractivity contribution in [1.29, 1.82) is 0 Å². The number of carbonyl (C=O) groups is 2. The largest absolute Gasteiger partial charge is 0.493 e. The molecule has 11 heteroatoms. The van der Waals surface area contributed by atoms with Crippen LogP contribution in [0.15, 0.2) is 40.8 Å². The van der Waals surface area contributed by atoms with Gasteiger partial charge in [0.25, 0.3) is 5.91 Å². The van der Waals surface area contributed by atoms with Gasteiger partial charge in [0.1, 0.15) is 11.6 Å². The van der Waals surface area contributed by atoms with E-state index in [2.05, 4.69) is 15.6 Å². The number of ether oxygens (including phenoxy) is 3. The van der Waals surface area contributed by atoms with Gasteiger partial charge in [-0.25, -0.2) is 18.6 Å². The molecule has 2 amide bonds. The lowest BCUT2D eigenvalue weighted by atomic mass is 10.1. The number of halogens is 2. The lowest BCUT2D eigenvalue weighted by molar-refractivity contribution is 0.0840. The van der Waals surface area contributed by atoms with Gasteiger partial charge < -0.3 is 29.3 Å². The maximum absolute atomic E-state index is 14.1. The summed E-state index contributed by atoms with van der Waals surface area (Å²) in [7, 11) is 1.50. The molecule has 0 bridgehead atoms. The van der Waals surface area contributed by atoms with Crippen molar-refractivity contribution in [1.82, 2.24) is 15.6 Å². The van der Waals surface area contributed by atoms with Gasteiger partial charge in [0.05, 0.1) is 13.7 Å². The maximum Gasteiger partial charge on any atom is 0.408 e. The van der Waals surface area contributed by atoms with E-state index < -0.39 is 41.8 Å². The minimum Gasteiger partial charge on any atom is -0.493 e. The molecule has 1 aromatic heterocycles. The third kappa shape index (κ3) is 6.99. The van der Waals surface area contributed by atoms with Crippen LogP contribution in [0.25, 0.3) is 11.5 Å². The van der Waals surface area contributed by atoms with Crippen LogP contribution in [0.5, 0.6) is 11.5 Å². The standard InChI is InChI=1S/C27H31F2N3O6/c1-7-36-21-13-16(11-12-20(21)35-6)25-31-22(23(38-25)15(2)37-26(34)32-27(3,4)5)24(33)30-14-17-18(28)9-8-10-19(17)29/h8-13,15H,7,14H2,1-6H3,(H,30,33)(H,32,34)/t15-/m0/s1. The summed E-state index contributed by atoms with van der Waals surface area (Å²) in [6.45, 7) is 8.63. The summed E-state index contributed by atoms with van der Waals surface area (Å²) in [5.74, 6) is -1.47. The Balaban J connectivity index is 1.96. The molecule has 2 aromatic carbocycles. The van der Waals surface area contributed by atoms with E-state index in [1.54, 1.807) is 39.0 Å². The topological polar surface area (TPSA) is 112 Å². The molecule has 0 aliphatic heterocycles. The van der Waals surface area contributed by atoms with Gasteiger partial charge in [-0.2, -0.15) is 0 Å². The summed E-state index contributed by atoms with van der Waals surface area (Å²) >= 11 is 0. The van der Waals surface area contributed by atoms with Gasteiger partial charge in [0.2, 0.25) is 5.89 Å². The zero-order valence-electron chi connectivity index (χ0n) is 22.1. The van der Waals surface area contributed by atoms with Crippen molar-refractivity contribution in [2.75, 3.05) is 13.7 Å². The van der Waals surface area contributed by atoms with Crippen LogP contribution in [0.3, 0.4) is 0 Å². The third-order valence-corrected chi connectivity index (χ3v) is 5.20. The van der Waals surface area contributed by atoms with Gasteiger partial charge in [-0.3, -0.25) is 4.79 Å². The number of nitrogens with one attached hydrogen (secondary N) is 2. The predicted molar refractivity (Wildman–Crippen MR) is 135 cm³/mol. The minimum atomic E-state index is -1.03. The molecule has 0 aliphatic rings. The molecule has 0 fully saturated rings. The van der Waals surface area contributed by atoms with Gasteiger partial charge in [-0.05, 0) is 65.0 Å². The SMILES string of the molecule is CCOc1cc(-c2nc(C(=O)NCc3c(F)cccc3F)c([C@H](C)OC(=O)NC(C)(C)C)o2)ccc1OC. The smallest absolute Gasteiger partial charge is 0.408 e. The molecule has 1 atom stereocenters. The van der Waals surface area contributed by atoms with Crippen molar-refractivity contribution >= 4 is 12.0 Å². The number of nitrogens with zero attached hydrogens (tertiary/aromatic N) is 1. The van der Waals surface area contributed by atoms with Crippen LogP contribution < -0.4 is 20.1 Å². The second kappa shape index (κ2) is 11.9. The summed E-state index contributed by atoms with van der Waals surface area (Å²) < 4.78 is 50.4. The maximum atomic E-state index is 14.1. The monoisotopic (exact) mass is 531 g/mol. The number of methoxy groups -OCH3 is 1. The van der Waals surface area contributed by atoms with Gasteiger partial charge in [-0.15, -0.1) is 0 Å². The highest BCUT2D eigenvalue weighted by Gasteiger charge is 2.29. The molecular formula is C27H31F2N3O6. The predicted octanol–water partition coefficient (Wildman–Crippen LogP) is 5.54. The average molecular weight is 532 g/mol. The minimum absolute atomic E-state index is 0.0394. The normalized spacial score (nSPS) is 12.0. The van der Waals surface area contributed by atoms with Crippen molar-refractivity contribution in [3.63, 3.8) is 0 Å². The lowest BCUT2D eigenvalue weighted by Gasteiger charge is -2.21. The number of benzene rings is 2. The van der Waals surface area contributed by atoms with E-state index in [4.69, 9.17) is 18.6 Å². The highest BCUT2D eigenvalue weighted by atomic mass is 19.1. The van der Waals surface area contributed by atoms with E-state index in [0.29, 0.717) is 23.7 Å². The molecule has 0 unspecified atom stereocenters. The number of oxazole rings is 1. The number of rotatable bonds is 9. The molecule has 3 rings (SSSR count). The molecule has 3 aromatic rings. The van der Waals surface area contributed by atoms with Crippen LogP contribution in [0.2, 0.25) is 0 Å². The quantitative estimate of drug-likeness (QED) is 0.373. The Morgan fingerprint density at radius 3 is 2.39 bits per heavy atom. The molecule has 9 nitrogen and oxygen atoms in total. The molecule has 204 valence electrons. The Kier molecular flexibility index (Phi) is 8.92. The highest BCUT2D eigenvalue weighted by molar-refractivity contribution is 5.94. The van der Waals surface area contributed by atoms with Crippen LogP contribution in [0.1, 0.15) is 62.5 Å². The number of alkyl carbamates (subject to hydrolysis) is 1. The first-order valence-corrected chi connectivity index (χ1v) is 11.9. The highest BCUT2D eigenvalue weighted by Crippen LogP contribution is 2.34. The van der Waals surface area contributed by atoms with Gasteiger partial charge in [0, 0.05) is 23.2 Å². The molecule has 38 heavy (non-hydrogen) atoms. The van der Waals surface area contributed by atoms with E-state index in [-0.39, 0.29) is 22.9 Å². The van der Waals surface area contributed by atoms with E-state index in [1.165, 1.54) is 20.1 Å². The fourth-order valence-corrected chi connectivity index (χ4v) is 3.47. The Morgan fingerprint density at radius 2 is 1.79 bits per heavy atom. The Hall–Kier alpha value is -4.15. The van der Waals surface area contributed by atoms with Gasteiger partial charge in [-0.1, -0.05) is 6.07 Å². The first-order chi connectivity index (χ1) is 17.9. The summed E-state index contributed by atoms with van der Waals surface area (Å²) in [6, 6.07) is 8.35. The van der Waals surface area contributed by atoms with E-state index in [1.807, 2.05) is 6.92 Å². The van der Waals surface area contributed by atoms with E-state index in [0.717, 1.165) is 12.1 Å². The molecular weight excluding hydrogens is 500 g/mol. The van der Waals surface area contributed by atoms with Crippen molar-refractivity contribution in [3.05, 3.63) is 65.1 Å². The molecule has 0 saturated heterocycles. The first kappa shape index (κ1) is 28.4. The van der Waals surface area contributed by atoms with Crippen LogP contribution in [-0.4, -0.2) is 36.2 Å². The Morgan fingerprint density at radius 1 is 1.11 bits per heavy atom. The Labute approximate surface area is 219 Å². The molecule has 2 N–H and O–H groups in total. The van der Waals surface area contributed by atoms with Crippen molar-refractivity contribution in [3.8, 4) is 23.0 Å². The molecule has 0 aliphatic carbocycles. The molecule has 1 heterocycles. The van der Waals surface area contributed by atoms with Crippen LogP contribution >= 0.6 is 0 Å². The average Bonchev–Trinajstić information content (AvgIpc) is 3.28.